The third-order valence-corrected chi connectivity index (χ3v) is 0.254. The minimum absolute atomic E-state index is 0. The average Bonchev–Trinajstić information content (AvgIpc) is 1.35. The third kappa shape index (κ3) is 10.8. The number of hydrogen-bond donors (Lipinski definition) is 0. The topological polar surface area (TPSA) is 72.4 Å². The molecule has 0 radical (unpaired) electrons. The monoisotopic (exact) mass is 170 g/mol. The van der Waals surface area contributed by atoms with E-state index in [0.29, 0.717) is 0 Å². The summed E-state index contributed by atoms with van der Waals surface area (Å²) in [5, 5.41) is 0. The van der Waals surface area contributed by atoms with E-state index in [1.165, 1.54) is 0 Å². The van der Waals surface area contributed by atoms with Crippen LogP contribution in [-0.4, -0.2) is 0 Å². The number of halogens is 1. The molecule has 44 valence electrons. The molecule has 0 rings (SSSR count). The SMILES string of the molecule is O=P([O-])([O-])OF.[Fe+2]. The summed E-state index contributed by atoms with van der Waals surface area (Å²) < 4.78 is 20.9. The molecule has 7 heavy (non-hydrogen) atoms. The third-order valence-electron chi connectivity index (χ3n) is 0.0845. The van der Waals surface area contributed by atoms with Crippen molar-refractivity contribution in [2.24, 2.45) is 0 Å². The summed E-state index contributed by atoms with van der Waals surface area (Å²) in [6, 6.07) is 0. The first-order valence-electron chi connectivity index (χ1n) is 0.885. The first-order chi connectivity index (χ1) is 2.56. The van der Waals surface area contributed by atoms with Crippen LogP contribution in [0, 0.1) is 0 Å². The zero-order valence-corrected chi connectivity index (χ0v) is 4.81. The van der Waals surface area contributed by atoms with Crippen LogP contribution in [0.1, 0.15) is 0 Å². The minimum atomic E-state index is -5.31. The van der Waals surface area contributed by atoms with Crippen LogP contribution in [-0.2, 0) is 26.4 Å². The molecule has 0 spiro atoms. The van der Waals surface area contributed by atoms with E-state index in [4.69, 9.17) is 14.4 Å². The Labute approximate surface area is 49.3 Å². The van der Waals surface area contributed by atoms with Gasteiger partial charge in [-0.1, -0.05) is 0 Å². The van der Waals surface area contributed by atoms with E-state index in [1.54, 1.807) is 0 Å². The molecule has 0 bridgehead atoms. The van der Waals surface area contributed by atoms with Crippen LogP contribution in [0.5, 0.6) is 0 Å². The van der Waals surface area contributed by atoms with Crippen molar-refractivity contribution in [3.8, 4) is 0 Å². The van der Waals surface area contributed by atoms with Crippen molar-refractivity contribution in [1.82, 2.24) is 0 Å². The fraction of sp³-hybridized carbons (Fsp3) is 0. The van der Waals surface area contributed by atoms with Gasteiger partial charge in [-0.3, -0.25) is 0 Å². The van der Waals surface area contributed by atoms with Crippen molar-refractivity contribution < 1.29 is 40.7 Å². The summed E-state index contributed by atoms with van der Waals surface area (Å²) in [4.78, 5) is 17.8. The smallest absolute Gasteiger partial charge is 0.787 e. The van der Waals surface area contributed by atoms with Gasteiger partial charge in [-0.15, -0.1) is 0 Å². The second kappa shape index (κ2) is 3.55. The normalized spacial score (nSPS) is 10.1. The average molecular weight is 170 g/mol. The van der Waals surface area contributed by atoms with E-state index >= 15 is 0 Å². The van der Waals surface area contributed by atoms with Gasteiger partial charge in [0, 0.05) is 0 Å². The van der Waals surface area contributed by atoms with E-state index in [0.717, 1.165) is 0 Å². The summed E-state index contributed by atoms with van der Waals surface area (Å²) in [7, 11) is -5.31. The van der Waals surface area contributed by atoms with Crippen molar-refractivity contribution in [3.05, 3.63) is 0 Å². The number of hydrogen-bond acceptors (Lipinski definition) is 4. The Morgan fingerprint density at radius 2 is 1.71 bits per heavy atom. The van der Waals surface area contributed by atoms with Crippen LogP contribution in [0.15, 0.2) is 0 Å². The van der Waals surface area contributed by atoms with Crippen LogP contribution >= 0.6 is 7.82 Å². The molecule has 0 atom stereocenters. The van der Waals surface area contributed by atoms with Crippen molar-refractivity contribution in [2.45, 2.75) is 0 Å². The molecule has 0 aromatic heterocycles. The molecule has 0 unspecified atom stereocenters. The van der Waals surface area contributed by atoms with E-state index in [9.17, 15) is 4.53 Å². The standard InChI is InChI=1S/FH2O4P.Fe/c1-5-6(2,3)4;/h(H2,2,3,4);/q;+2/p-2. The molecule has 0 aliphatic heterocycles. The first-order valence-corrected chi connectivity index (χ1v) is 2.35. The molecule has 0 N–H and O–H groups in total. The molecule has 0 saturated heterocycles. The molecular formula is FFeO4P. The Kier molecular flexibility index (Phi) is 5.33. The Hall–Kier alpha value is 0.559. The Balaban J connectivity index is 0. The van der Waals surface area contributed by atoms with Crippen LogP contribution in [0.4, 0.5) is 4.53 Å². The molecule has 0 aliphatic carbocycles. The van der Waals surface area contributed by atoms with Crippen LogP contribution in [0.3, 0.4) is 0 Å². The predicted molar refractivity (Wildman–Crippen MR) is 9.80 cm³/mol. The Morgan fingerprint density at radius 3 is 1.71 bits per heavy atom. The molecule has 7 heteroatoms. The van der Waals surface area contributed by atoms with E-state index in [-0.39, 0.29) is 17.1 Å². The molecule has 0 amide bonds. The predicted octanol–water partition coefficient (Wildman–Crippen LogP) is -1.29. The van der Waals surface area contributed by atoms with Gasteiger partial charge in [0.2, 0.25) is 0 Å². The van der Waals surface area contributed by atoms with Crippen LogP contribution in [0.2, 0.25) is 0 Å². The second-order valence-corrected chi connectivity index (χ2v) is 1.55. The molecular weight excluding hydrogens is 170 g/mol. The number of phosphoric acid groups is 1. The zero-order chi connectivity index (χ0) is 5.21. The largest absolute Gasteiger partial charge is 2.00 e. The molecule has 0 saturated carbocycles. The summed E-state index contributed by atoms with van der Waals surface area (Å²) in [6.07, 6.45) is 0. The van der Waals surface area contributed by atoms with Crippen LogP contribution in [0.25, 0.3) is 0 Å². The van der Waals surface area contributed by atoms with Crippen molar-refractivity contribution in [2.75, 3.05) is 0 Å². The molecule has 0 aromatic carbocycles. The maximum Gasteiger partial charge on any atom is 2.00 e. The van der Waals surface area contributed by atoms with E-state index < -0.39 is 7.82 Å². The Bertz CT molecular complexity index is 75.8. The quantitative estimate of drug-likeness (QED) is 0.362. The van der Waals surface area contributed by atoms with Gasteiger partial charge >= 0.3 is 17.1 Å². The fourth-order valence-electron chi connectivity index (χ4n) is 0. The summed E-state index contributed by atoms with van der Waals surface area (Å²) in [5.74, 6) is 0. The minimum Gasteiger partial charge on any atom is -0.787 e. The van der Waals surface area contributed by atoms with Gasteiger partial charge in [-0.25, -0.2) is 0 Å². The molecule has 0 aromatic rings. The fourth-order valence-corrected chi connectivity index (χ4v) is 0. The molecule has 0 aliphatic rings. The summed E-state index contributed by atoms with van der Waals surface area (Å²) >= 11 is 0. The molecule has 0 fully saturated rings. The van der Waals surface area contributed by atoms with Gasteiger partial charge in [0.05, 0.1) is 0 Å². The second-order valence-electron chi connectivity index (χ2n) is 0.516. The zero-order valence-electron chi connectivity index (χ0n) is 2.81. The first kappa shape index (κ1) is 10.5. The summed E-state index contributed by atoms with van der Waals surface area (Å²) in [5.41, 5.74) is 0. The van der Waals surface area contributed by atoms with Crippen molar-refractivity contribution in [3.63, 3.8) is 0 Å². The van der Waals surface area contributed by atoms with Gasteiger partial charge in [0.25, 0.3) is 0 Å². The van der Waals surface area contributed by atoms with Gasteiger partial charge in [-0.05, 0) is 4.53 Å². The van der Waals surface area contributed by atoms with E-state index in [1.807, 2.05) is 4.73 Å². The number of rotatable bonds is 1. The van der Waals surface area contributed by atoms with Gasteiger partial charge < -0.3 is 14.4 Å². The van der Waals surface area contributed by atoms with Crippen LogP contribution < -0.4 is 9.79 Å². The van der Waals surface area contributed by atoms with Gasteiger partial charge in [0.15, 0.2) is 0 Å². The maximum absolute atomic E-state index is 10.1. The van der Waals surface area contributed by atoms with Crippen molar-refractivity contribution >= 4 is 7.82 Å². The van der Waals surface area contributed by atoms with Gasteiger partial charge in [0.1, 0.15) is 7.82 Å². The molecule has 0 heterocycles. The Morgan fingerprint density at radius 1 is 1.57 bits per heavy atom. The maximum atomic E-state index is 10.1. The van der Waals surface area contributed by atoms with Crippen molar-refractivity contribution in [1.29, 1.82) is 0 Å². The van der Waals surface area contributed by atoms with E-state index in [2.05, 4.69) is 0 Å². The summed E-state index contributed by atoms with van der Waals surface area (Å²) in [6.45, 7) is 0. The van der Waals surface area contributed by atoms with Gasteiger partial charge in [-0.2, -0.15) is 4.73 Å². The molecule has 4 nitrogen and oxygen atoms in total.